The van der Waals surface area contributed by atoms with Crippen molar-refractivity contribution in [2.24, 2.45) is 0 Å². The van der Waals surface area contributed by atoms with E-state index in [9.17, 15) is 9.59 Å². The van der Waals surface area contributed by atoms with Crippen molar-refractivity contribution in [1.29, 1.82) is 0 Å². The van der Waals surface area contributed by atoms with Crippen molar-refractivity contribution >= 4 is 40.2 Å². The van der Waals surface area contributed by atoms with Crippen LogP contribution in [0.25, 0.3) is 0 Å². The number of thiazole rings is 2. The average Bonchev–Trinajstić information content (AvgIpc) is 3.55. The highest BCUT2D eigenvalue weighted by molar-refractivity contribution is 7.13. The summed E-state index contributed by atoms with van der Waals surface area (Å²) in [4.78, 5) is 42.2. The summed E-state index contributed by atoms with van der Waals surface area (Å²) in [5.74, 6) is 1.26. The molecular weight excluding hydrogens is 506 g/mol. The maximum absolute atomic E-state index is 13.2. The normalized spacial score (nSPS) is 16.8. The molecule has 196 valence electrons. The number of aryl methyl sites for hydroxylation is 2. The summed E-state index contributed by atoms with van der Waals surface area (Å²) >= 11 is 3.04. The number of anilines is 1. The van der Waals surface area contributed by atoms with Crippen molar-refractivity contribution in [1.82, 2.24) is 19.8 Å². The minimum absolute atomic E-state index is 0.00361. The second-order valence-electron chi connectivity index (χ2n) is 9.46. The van der Waals surface area contributed by atoms with Crippen LogP contribution in [0.1, 0.15) is 61.6 Å². The van der Waals surface area contributed by atoms with Gasteiger partial charge in [-0.1, -0.05) is 12.1 Å². The van der Waals surface area contributed by atoms with Crippen molar-refractivity contribution in [2.75, 3.05) is 50.8 Å². The SMILES string of the molecule is CCOc1ccccc1N1CCN(C(=O)c2csc(C3CCN(C(=O)c4sc(C)nc4C)CC3)n2)CC1. The molecule has 0 N–H and O–H groups in total. The second-order valence-corrected chi connectivity index (χ2v) is 11.6. The van der Waals surface area contributed by atoms with Crippen LogP contribution in [-0.2, 0) is 0 Å². The lowest BCUT2D eigenvalue weighted by molar-refractivity contribution is 0.0716. The van der Waals surface area contributed by atoms with Crippen LogP contribution in [0.4, 0.5) is 5.69 Å². The molecule has 1 aromatic carbocycles. The first-order chi connectivity index (χ1) is 17.9. The fourth-order valence-corrected chi connectivity index (χ4v) is 6.94. The molecule has 37 heavy (non-hydrogen) atoms. The number of piperidine rings is 1. The van der Waals surface area contributed by atoms with Crippen LogP contribution in [0.3, 0.4) is 0 Å². The van der Waals surface area contributed by atoms with E-state index in [1.54, 1.807) is 11.3 Å². The van der Waals surface area contributed by atoms with Crippen molar-refractivity contribution in [2.45, 2.75) is 39.5 Å². The van der Waals surface area contributed by atoms with Gasteiger partial charge in [-0.05, 0) is 45.7 Å². The van der Waals surface area contributed by atoms with Gasteiger partial charge in [0.05, 0.1) is 28.0 Å². The highest BCUT2D eigenvalue weighted by Crippen LogP contribution is 2.33. The fraction of sp³-hybridized carbons (Fsp3) is 0.481. The number of piperazine rings is 1. The van der Waals surface area contributed by atoms with Crippen molar-refractivity contribution < 1.29 is 14.3 Å². The third-order valence-electron chi connectivity index (χ3n) is 7.04. The molecule has 2 aromatic heterocycles. The first-order valence-electron chi connectivity index (χ1n) is 12.9. The van der Waals surface area contributed by atoms with Crippen molar-refractivity contribution in [3.63, 3.8) is 0 Å². The number of carbonyl (C=O) groups excluding carboxylic acids is 2. The largest absolute Gasteiger partial charge is 0.492 e. The third-order valence-corrected chi connectivity index (χ3v) is 9.11. The number of nitrogens with zero attached hydrogens (tertiary/aromatic N) is 5. The Hall–Kier alpha value is -2.98. The van der Waals surface area contributed by atoms with Crippen LogP contribution >= 0.6 is 22.7 Å². The molecule has 0 spiro atoms. The molecule has 0 atom stereocenters. The van der Waals surface area contributed by atoms with Crippen molar-refractivity contribution in [3.8, 4) is 5.75 Å². The Balaban J connectivity index is 1.15. The summed E-state index contributed by atoms with van der Waals surface area (Å²) in [5.41, 5.74) is 2.44. The van der Waals surface area contributed by atoms with Gasteiger partial charge in [0, 0.05) is 50.6 Å². The molecule has 0 bridgehead atoms. The van der Waals surface area contributed by atoms with Crippen LogP contribution in [-0.4, -0.2) is 77.5 Å². The lowest BCUT2D eigenvalue weighted by atomic mass is 9.97. The number of para-hydroxylation sites is 2. The van der Waals surface area contributed by atoms with Gasteiger partial charge in [0.25, 0.3) is 11.8 Å². The molecule has 4 heterocycles. The molecule has 2 aliphatic heterocycles. The minimum Gasteiger partial charge on any atom is -0.492 e. The van der Waals surface area contributed by atoms with E-state index in [4.69, 9.17) is 9.72 Å². The van der Waals surface area contributed by atoms with E-state index >= 15 is 0 Å². The van der Waals surface area contributed by atoms with Gasteiger partial charge in [-0.15, -0.1) is 22.7 Å². The van der Waals surface area contributed by atoms with Crippen LogP contribution < -0.4 is 9.64 Å². The topological polar surface area (TPSA) is 78.9 Å². The lowest BCUT2D eigenvalue weighted by Crippen LogP contribution is -2.49. The Labute approximate surface area is 225 Å². The van der Waals surface area contributed by atoms with Crippen LogP contribution in [0.2, 0.25) is 0 Å². The van der Waals surface area contributed by atoms with Crippen LogP contribution in [0.15, 0.2) is 29.6 Å². The predicted molar refractivity (Wildman–Crippen MR) is 147 cm³/mol. The van der Waals surface area contributed by atoms with E-state index in [2.05, 4.69) is 16.0 Å². The van der Waals surface area contributed by atoms with Gasteiger partial charge in [-0.3, -0.25) is 9.59 Å². The summed E-state index contributed by atoms with van der Waals surface area (Å²) in [7, 11) is 0. The first-order valence-corrected chi connectivity index (χ1v) is 14.6. The van der Waals surface area contributed by atoms with Gasteiger partial charge >= 0.3 is 0 Å². The van der Waals surface area contributed by atoms with Crippen LogP contribution in [0, 0.1) is 13.8 Å². The summed E-state index contributed by atoms with van der Waals surface area (Å²) in [6.07, 6.45) is 1.73. The molecule has 8 nitrogen and oxygen atoms in total. The van der Waals surface area contributed by atoms with Crippen LogP contribution in [0.5, 0.6) is 5.75 Å². The molecule has 2 amide bonds. The van der Waals surface area contributed by atoms with Gasteiger partial charge in [0.1, 0.15) is 16.3 Å². The van der Waals surface area contributed by atoms with Crippen molar-refractivity contribution in [3.05, 3.63) is 55.9 Å². The quantitative estimate of drug-likeness (QED) is 0.456. The van der Waals surface area contributed by atoms with E-state index in [0.717, 1.165) is 58.0 Å². The van der Waals surface area contributed by atoms with E-state index < -0.39 is 0 Å². The molecule has 2 aliphatic rings. The van der Waals surface area contributed by atoms with E-state index in [0.29, 0.717) is 38.5 Å². The van der Waals surface area contributed by atoms with Gasteiger partial charge in [0.2, 0.25) is 0 Å². The maximum atomic E-state index is 13.2. The first kappa shape index (κ1) is 25.7. The number of rotatable bonds is 6. The maximum Gasteiger partial charge on any atom is 0.273 e. The van der Waals surface area contributed by atoms with E-state index in [1.165, 1.54) is 11.3 Å². The van der Waals surface area contributed by atoms with Gasteiger partial charge in [0.15, 0.2) is 0 Å². The van der Waals surface area contributed by atoms with Gasteiger partial charge in [-0.25, -0.2) is 9.97 Å². The molecule has 2 fully saturated rings. The smallest absolute Gasteiger partial charge is 0.273 e. The zero-order valence-electron chi connectivity index (χ0n) is 21.6. The molecule has 0 aliphatic carbocycles. The Morgan fingerprint density at radius 3 is 2.35 bits per heavy atom. The summed E-state index contributed by atoms with van der Waals surface area (Å²) in [6.45, 7) is 10.7. The summed E-state index contributed by atoms with van der Waals surface area (Å²) in [6, 6.07) is 8.08. The number of aromatic nitrogens is 2. The highest BCUT2D eigenvalue weighted by atomic mass is 32.1. The zero-order chi connectivity index (χ0) is 25.9. The third kappa shape index (κ3) is 5.50. The molecule has 0 radical (unpaired) electrons. The Bertz CT molecular complexity index is 1260. The van der Waals surface area contributed by atoms with E-state index in [1.807, 2.05) is 54.2 Å². The number of carbonyl (C=O) groups is 2. The summed E-state index contributed by atoms with van der Waals surface area (Å²) in [5, 5.41) is 3.83. The molecular formula is C27H33N5O3S2. The molecule has 2 saturated heterocycles. The number of likely N-dealkylation sites (tertiary alicyclic amines) is 1. The zero-order valence-corrected chi connectivity index (χ0v) is 23.2. The number of ether oxygens (including phenoxy) is 1. The second kappa shape index (κ2) is 11.2. The minimum atomic E-state index is 0.00361. The lowest BCUT2D eigenvalue weighted by Gasteiger charge is -2.36. The highest BCUT2D eigenvalue weighted by Gasteiger charge is 2.30. The predicted octanol–water partition coefficient (Wildman–Crippen LogP) is 4.60. The monoisotopic (exact) mass is 539 g/mol. The molecule has 0 saturated carbocycles. The number of amides is 2. The Morgan fingerprint density at radius 1 is 0.973 bits per heavy atom. The van der Waals surface area contributed by atoms with Gasteiger partial charge in [-0.2, -0.15) is 0 Å². The average molecular weight is 540 g/mol. The molecule has 3 aromatic rings. The van der Waals surface area contributed by atoms with Gasteiger partial charge < -0.3 is 19.4 Å². The number of benzene rings is 1. The Kier molecular flexibility index (Phi) is 7.76. The number of hydrogen-bond acceptors (Lipinski definition) is 8. The van der Waals surface area contributed by atoms with E-state index in [-0.39, 0.29) is 17.7 Å². The number of hydrogen-bond donors (Lipinski definition) is 0. The standard InChI is InChI=1S/C27H33N5O3S2/c1-4-35-23-8-6-5-7-22(23)30-13-15-32(16-14-30)26(33)21-17-36-25(29-21)20-9-11-31(12-10-20)27(34)24-18(2)28-19(3)37-24/h5-8,17,20H,4,9-16H2,1-3H3. The molecule has 5 rings (SSSR count). The molecule has 10 heteroatoms. The fourth-order valence-electron chi connectivity index (χ4n) is 5.08. The Morgan fingerprint density at radius 2 is 1.68 bits per heavy atom. The molecule has 0 unspecified atom stereocenters. The summed E-state index contributed by atoms with van der Waals surface area (Å²) < 4.78 is 5.79.